The minimum Gasteiger partial charge on any atom is -0.370 e. The van der Waals surface area contributed by atoms with E-state index in [2.05, 4.69) is 47.2 Å². The molecule has 1 N–H and O–H groups in total. The summed E-state index contributed by atoms with van der Waals surface area (Å²) in [4.78, 5) is 9.17. The van der Waals surface area contributed by atoms with Crippen LogP contribution in [0.1, 0.15) is 31.7 Å². The van der Waals surface area contributed by atoms with Gasteiger partial charge in [0.2, 0.25) is 0 Å². The Labute approximate surface area is 123 Å². The van der Waals surface area contributed by atoms with Crippen LogP contribution in [-0.2, 0) is 6.54 Å². The lowest BCUT2D eigenvalue weighted by molar-refractivity contribution is 0.249. The smallest absolute Gasteiger partial charge is 0.0598 e. The fraction of sp³-hybridized carbons (Fsp3) is 0.688. The standard InChI is InChI=1S/C16H28N4/c1-4-8-17-12-14-5-9-18-13-16(14)20-10-6-15(7-11-20)19(2)3/h5,9,13,15,17H,4,6-8,10-12H2,1-3H3. The Balaban J connectivity index is 1.98. The van der Waals surface area contributed by atoms with Crippen molar-refractivity contribution < 1.29 is 0 Å². The van der Waals surface area contributed by atoms with Gasteiger partial charge < -0.3 is 15.1 Å². The summed E-state index contributed by atoms with van der Waals surface area (Å²) in [6, 6.07) is 2.88. The van der Waals surface area contributed by atoms with Gasteiger partial charge in [-0.15, -0.1) is 0 Å². The van der Waals surface area contributed by atoms with Gasteiger partial charge >= 0.3 is 0 Å². The summed E-state index contributed by atoms with van der Waals surface area (Å²) in [7, 11) is 4.37. The largest absolute Gasteiger partial charge is 0.370 e. The van der Waals surface area contributed by atoms with Gasteiger partial charge in [-0.05, 0) is 51.5 Å². The van der Waals surface area contributed by atoms with Crippen LogP contribution >= 0.6 is 0 Å². The second-order valence-electron chi connectivity index (χ2n) is 5.86. The first-order valence-corrected chi connectivity index (χ1v) is 7.77. The number of piperidine rings is 1. The van der Waals surface area contributed by atoms with E-state index in [1.165, 1.54) is 30.5 Å². The molecule has 0 unspecified atom stereocenters. The Morgan fingerprint density at radius 2 is 2.10 bits per heavy atom. The lowest BCUT2D eigenvalue weighted by Gasteiger charge is -2.37. The van der Waals surface area contributed by atoms with E-state index in [9.17, 15) is 0 Å². The molecule has 2 heterocycles. The molecule has 1 saturated heterocycles. The summed E-state index contributed by atoms with van der Waals surface area (Å²) < 4.78 is 0. The predicted molar refractivity (Wildman–Crippen MR) is 85.2 cm³/mol. The summed E-state index contributed by atoms with van der Waals surface area (Å²) in [5, 5.41) is 3.50. The number of rotatable bonds is 6. The highest BCUT2D eigenvalue weighted by molar-refractivity contribution is 5.52. The van der Waals surface area contributed by atoms with E-state index in [1.54, 1.807) is 0 Å². The van der Waals surface area contributed by atoms with Crippen molar-refractivity contribution in [3.05, 3.63) is 24.0 Å². The third kappa shape index (κ3) is 3.93. The van der Waals surface area contributed by atoms with Gasteiger partial charge in [-0.25, -0.2) is 0 Å². The van der Waals surface area contributed by atoms with Gasteiger partial charge in [0, 0.05) is 31.9 Å². The maximum atomic E-state index is 4.32. The second kappa shape index (κ2) is 7.60. The highest BCUT2D eigenvalue weighted by Crippen LogP contribution is 2.24. The Hall–Kier alpha value is -1.13. The molecule has 0 bridgehead atoms. The predicted octanol–water partition coefficient (Wildman–Crippen LogP) is 2.11. The van der Waals surface area contributed by atoms with E-state index in [4.69, 9.17) is 0 Å². The van der Waals surface area contributed by atoms with Crippen LogP contribution in [0.4, 0.5) is 5.69 Å². The molecule has 0 spiro atoms. The maximum absolute atomic E-state index is 4.32. The Kier molecular flexibility index (Phi) is 5.80. The first-order chi connectivity index (χ1) is 9.72. The van der Waals surface area contributed by atoms with E-state index in [0.717, 1.165) is 32.2 Å². The molecule has 0 radical (unpaired) electrons. The molecule has 1 aromatic heterocycles. The highest BCUT2D eigenvalue weighted by atomic mass is 15.2. The minimum absolute atomic E-state index is 0.726. The number of aromatic nitrogens is 1. The van der Waals surface area contributed by atoms with Crippen molar-refractivity contribution in [1.82, 2.24) is 15.2 Å². The van der Waals surface area contributed by atoms with Crippen molar-refractivity contribution in [2.24, 2.45) is 0 Å². The molecule has 4 heteroatoms. The number of hydrogen-bond donors (Lipinski definition) is 1. The molecule has 1 aliphatic heterocycles. The first kappa shape index (κ1) is 15.3. The van der Waals surface area contributed by atoms with Crippen LogP contribution in [0.15, 0.2) is 18.5 Å². The van der Waals surface area contributed by atoms with Gasteiger partial charge in [0.15, 0.2) is 0 Å². The van der Waals surface area contributed by atoms with Crippen LogP contribution in [0.25, 0.3) is 0 Å². The first-order valence-electron chi connectivity index (χ1n) is 7.77. The van der Waals surface area contributed by atoms with Crippen molar-refractivity contribution in [3.8, 4) is 0 Å². The van der Waals surface area contributed by atoms with Crippen molar-refractivity contribution >= 4 is 5.69 Å². The summed E-state index contributed by atoms with van der Waals surface area (Å²) >= 11 is 0. The molecule has 0 aliphatic carbocycles. The molecular weight excluding hydrogens is 248 g/mol. The third-order valence-electron chi connectivity index (χ3n) is 4.17. The van der Waals surface area contributed by atoms with Crippen molar-refractivity contribution in [1.29, 1.82) is 0 Å². The van der Waals surface area contributed by atoms with Gasteiger partial charge in [0.05, 0.1) is 11.9 Å². The minimum atomic E-state index is 0.726. The summed E-state index contributed by atoms with van der Waals surface area (Å²) in [5.41, 5.74) is 2.69. The zero-order valence-corrected chi connectivity index (χ0v) is 13.1. The molecule has 1 aromatic rings. The average Bonchev–Trinajstić information content (AvgIpc) is 2.48. The van der Waals surface area contributed by atoms with Gasteiger partial charge in [-0.2, -0.15) is 0 Å². The van der Waals surface area contributed by atoms with Crippen molar-refractivity contribution in [3.63, 3.8) is 0 Å². The molecule has 2 rings (SSSR count). The molecule has 0 amide bonds. The van der Waals surface area contributed by atoms with Crippen LogP contribution in [0.5, 0.6) is 0 Å². The van der Waals surface area contributed by atoms with Crippen LogP contribution in [-0.4, -0.2) is 49.7 Å². The zero-order valence-electron chi connectivity index (χ0n) is 13.1. The third-order valence-corrected chi connectivity index (χ3v) is 4.17. The lowest BCUT2D eigenvalue weighted by atomic mass is 10.0. The number of nitrogens with zero attached hydrogens (tertiary/aromatic N) is 3. The normalized spacial score (nSPS) is 16.9. The van der Waals surface area contributed by atoms with Gasteiger partial charge in [0.25, 0.3) is 0 Å². The molecule has 0 aromatic carbocycles. The SMILES string of the molecule is CCCNCc1ccncc1N1CCC(N(C)C)CC1. The number of hydrogen-bond acceptors (Lipinski definition) is 4. The molecule has 1 aliphatic rings. The van der Waals surface area contributed by atoms with Crippen LogP contribution in [0, 0.1) is 0 Å². The van der Waals surface area contributed by atoms with Crippen molar-refractivity contribution in [2.45, 2.75) is 38.8 Å². The van der Waals surface area contributed by atoms with E-state index >= 15 is 0 Å². The molecule has 20 heavy (non-hydrogen) atoms. The van der Waals surface area contributed by atoms with Gasteiger partial charge in [-0.1, -0.05) is 6.92 Å². The van der Waals surface area contributed by atoms with Gasteiger partial charge in [0.1, 0.15) is 0 Å². The van der Waals surface area contributed by atoms with Crippen LogP contribution in [0.2, 0.25) is 0 Å². The maximum Gasteiger partial charge on any atom is 0.0598 e. The fourth-order valence-electron chi connectivity index (χ4n) is 2.87. The van der Waals surface area contributed by atoms with E-state index in [0.29, 0.717) is 0 Å². The molecule has 112 valence electrons. The summed E-state index contributed by atoms with van der Waals surface area (Å²) in [5.74, 6) is 0. The Morgan fingerprint density at radius 1 is 1.35 bits per heavy atom. The second-order valence-corrected chi connectivity index (χ2v) is 5.86. The highest BCUT2D eigenvalue weighted by Gasteiger charge is 2.22. The average molecular weight is 276 g/mol. The summed E-state index contributed by atoms with van der Waals surface area (Å²) in [6.07, 6.45) is 7.58. The summed E-state index contributed by atoms with van der Waals surface area (Å²) in [6.45, 7) is 6.49. The number of nitrogens with one attached hydrogen (secondary N) is 1. The van der Waals surface area contributed by atoms with Gasteiger partial charge in [-0.3, -0.25) is 4.98 Å². The number of pyridine rings is 1. The monoisotopic (exact) mass is 276 g/mol. The molecule has 1 fully saturated rings. The van der Waals surface area contributed by atoms with E-state index in [1.807, 2.05) is 12.4 Å². The number of anilines is 1. The van der Waals surface area contributed by atoms with Crippen LogP contribution < -0.4 is 10.2 Å². The topological polar surface area (TPSA) is 31.4 Å². The molecular formula is C16H28N4. The Bertz CT molecular complexity index is 397. The van der Waals surface area contributed by atoms with Crippen LogP contribution in [0.3, 0.4) is 0 Å². The fourth-order valence-corrected chi connectivity index (χ4v) is 2.87. The van der Waals surface area contributed by atoms with E-state index in [-0.39, 0.29) is 0 Å². The zero-order chi connectivity index (χ0) is 14.4. The molecule has 4 nitrogen and oxygen atoms in total. The quantitative estimate of drug-likeness (QED) is 0.806. The lowest BCUT2D eigenvalue weighted by Crippen LogP contribution is -2.42. The molecule has 0 saturated carbocycles. The van der Waals surface area contributed by atoms with E-state index < -0.39 is 0 Å². The van der Waals surface area contributed by atoms with Crippen molar-refractivity contribution in [2.75, 3.05) is 38.6 Å². The molecule has 0 atom stereocenters. The Morgan fingerprint density at radius 3 is 2.75 bits per heavy atom.